The van der Waals surface area contributed by atoms with Gasteiger partial charge in [0.25, 0.3) is 11.8 Å². The van der Waals surface area contributed by atoms with Crippen molar-refractivity contribution in [3.63, 3.8) is 0 Å². The van der Waals surface area contributed by atoms with E-state index in [1.165, 1.54) is 18.2 Å². The number of carbonyl (C=O) groups excluding carboxylic acids is 2. The normalized spacial score (nSPS) is 10.1. The number of nitrogens with one attached hydrogen (secondary N) is 1. The number of halogens is 1. The van der Waals surface area contributed by atoms with Crippen LogP contribution in [-0.2, 0) is 0 Å². The maximum absolute atomic E-state index is 12.1. The lowest BCUT2D eigenvalue weighted by atomic mass is 10.1. The molecular weight excluding hydrogens is 278 g/mol. The van der Waals surface area contributed by atoms with Crippen LogP contribution in [-0.4, -0.2) is 11.8 Å². The number of benzene rings is 2. The van der Waals surface area contributed by atoms with E-state index in [0.29, 0.717) is 11.4 Å². The molecule has 2 aromatic rings. The molecule has 0 spiro atoms. The Bertz CT molecular complexity index is 686. The van der Waals surface area contributed by atoms with E-state index in [1.807, 2.05) is 0 Å². The van der Waals surface area contributed by atoms with E-state index in [2.05, 4.69) is 5.32 Å². The first kappa shape index (κ1) is 13.9. The monoisotopic (exact) mass is 289 g/mol. The first-order valence-corrected chi connectivity index (χ1v) is 6.12. The van der Waals surface area contributed by atoms with E-state index in [0.717, 1.165) is 0 Å². The molecule has 0 heterocycles. The number of hydrogen-bond donors (Lipinski definition) is 3. The summed E-state index contributed by atoms with van der Waals surface area (Å²) in [6, 6.07) is 11.0. The Hall–Kier alpha value is -2.53. The second-order valence-electron chi connectivity index (χ2n) is 4.10. The Morgan fingerprint density at radius 1 is 1.05 bits per heavy atom. The van der Waals surface area contributed by atoms with Crippen molar-refractivity contribution in [1.82, 2.24) is 0 Å². The van der Waals surface area contributed by atoms with Crippen molar-refractivity contribution in [3.05, 3.63) is 58.6 Å². The van der Waals surface area contributed by atoms with E-state index in [-0.39, 0.29) is 16.1 Å². The lowest BCUT2D eigenvalue weighted by molar-refractivity contribution is 0.100. The highest BCUT2D eigenvalue weighted by Crippen LogP contribution is 2.21. The predicted octanol–water partition coefficient (Wildman–Crippen LogP) is 2.27. The second-order valence-corrected chi connectivity index (χ2v) is 4.51. The quantitative estimate of drug-likeness (QED) is 0.756. The van der Waals surface area contributed by atoms with Crippen molar-refractivity contribution in [2.75, 3.05) is 11.1 Å². The number of nitrogens with two attached hydrogens (primary N) is 2. The topological polar surface area (TPSA) is 98.2 Å². The van der Waals surface area contributed by atoms with Gasteiger partial charge < -0.3 is 16.8 Å². The van der Waals surface area contributed by atoms with E-state index in [1.54, 1.807) is 24.3 Å². The summed E-state index contributed by atoms with van der Waals surface area (Å²) in [7, 11) is 0. The summed E-state index contributed by atoms with van der Waals surface area (Å²) >= 11 is 5.96. The third-order valence-corrected chi connectivity index (χ3v) is 2.99. The highest BCUT2D eigenvalue weighted by atomic mass is 35.5. The van der Waals surface area contributed by atoms with Crippen LogP contribution >= 0.6 is 11.6 Å². The number of primary amides is 1. The third-order valence-electron chi connectivity index (χ3n) is 2.68. The van der Waals surface area contributed by atoms with Gasteiger partial charge in [-0.2, -0.15) is 0 Å². The summed E-state index contributed by atoms with van der Waals surface area (Å²) < 4.78 is 0. The van der Waals surface area contributed by atoms with Gasteiger partial charge in [-0.15, -0.1) is 0 Å². The van der Waals surface area contributed by atoms with Crippen LogP contribution < -0.4 is 16.8 Å². The Labute approximate surface area is 120 Å². The van der Waals surface area contributed by atoms with Gasteiger partial charge in [0.2, 0.25) is 0 Å². The number of carbonyl (C=O) groups is 2. The Balaban J connectivity index is 2.30. The molecule has 0 fully saturated rings. The largest absolute Gasteiger partial charge is 0.399 e. The highest BCUT2D eigenvalue weighted by Gasteiger charge is 2.14. The minimum Gasteiger partial charge on any atom is -0.399 e. The lowest BCUT2D eigenvalue weighted by Crippen LogP contribution is -2.18. The predicted molar refractivity (Wildman–Crippen MR) is 78.8 cm³/mol. The van der Waals surface area contributed by atoms with Crippen LogP contribution in [0.25, 0.3) is 0 Å². The molecule has 2 aromatic carbocycles. The number of para-hydroxylation sites is 1. The molecule has 102 valence electrons. The van der Waals surface area contributed by atoms with Gasteiger partial charge in [0.05, 0.1) is 21.8 Å². The molecule has 0 aliphatic rings. The van der Waals surface area contributed by atoms with Crippen LogP contribution in [0.5, 0.6) is 0 Å². The molecule has 5 N–H and O–H groups in total. The summed E-state index contributed by atoms with van der Waals surface area (Å²) in [6.45, 7) is 0. The van der Waals surface area contributed by atoms with E-state index >= 15 is 0 Å². The van der Waals surface area contributed by atoms with Crippen LogP contribution in [0.1, 0.15) is 20.7 Å². The summed E-state index contributed by atoms with van der Waals surface area (Å²) in [5.41, 5.74) is 12.1. The maximum Gasteiger partial charge on any atom is 0.257 e. The molecule has 6 heteroatoms. The van der Waals surface area contributed by atoms with Crippen LogP contribution in [0, 0.1) is 0 Å². The molecule has 5 nitrogen and oxygen atoms in total. The van der Waals surface area contributed by atoms with Gasteiger partial charge in [-0.1, -0.05) is 23.7 Å². The molecule has 0 aromatic heterocycles. The van der Waals surface area contributed by atoms with Gasteiger partial charge in [-0.3, -0.25) is 9.59 Å². The average Bonchev–Trinajstić information content (AvgIpc) is 2.38. The van der Waals surface area contributed by atoms with Crippen LogP contribution in [0.3, 0.4) is 0 Å². The number of nitrogen functional groups attached to an aromatic ring is 1. The SMILES string of the molecule is NC(=O)c1ccccc1NC(=O)c1ccc(N)cc1Cl. The van der Waals surface area contributed by atoms with E-state index in [4.69, 9.17) is 23.1 Å². The fourth-order valence-electron chi connectivity index (χ4n) is 1.71. The van der Waals surface area contributed by atoms with Gasteiger partial charge in [0, 0.05) is 5.69 Å². The van der Waals surface area contributed by atoms with E-state index in [9.17, 15) is 9.59 Å². The fraction of sp³-hybridized carbons (Fsp3) is 0. The number of rotatable bonds is 3. The molecule has 0 unspecified atom stereocenters. The van der Waals surface area contributed by atoms with Crippen LogP contribution in [0.2, 0.25) is 5.02 Å². The molecular formula is C14H12ClN3O2. The zero-order valence-electron chi connectivity index (χ0n) is 10.4. The minimum absolute atomic E-state index is 0.229. The molecule has 0 saturated carbocycles. The zero-order chi connectivity index (χ0) is 14.7. The van der Waals surface area contributed by atoms with Gasteiger partial charge in [0.15, 0.2) is 0 Å². The van der Waals surface area contributed by atoms with E-state index < -0.39 is 11.8 Å². The average molecular weight is 290 g/mol. The molecule has 0 radical (unpaired) electrons. The number of anilines is 2. The molecule has 20 heavy (non-hydrogen) atoms. The molecule has 0 aliphatic heterocycles. The summed E-state index contributed by atoms with van der Waals surface area (Å²) in [4.78, 5) is 23.4. The van der Waals surface area contributed by atoms with Crippen molar-refractivity contribution in [2.24, 2.45) is 5.73 Å². The smallest absolute Gasteiger partial charge is 0.257 e. The first-order chi connectivity index (χ1) is 9.49. The first-order valence-electron chi connectivity index (χ1n) is 5.74. The highest BCUT2D eigenvalue weighted by molar-refractivity contribution is 6.34. The summed E-state index contributed by atoms with van der Waals surface area (Å²) in [5, 5.41) is 2.84. The Morgan fingerprint density at radius 2 is 1.75 bits per heavy atom. The minimum atomic E-state index is -0.621. The number of amides is 2. The van der Waals surface area contributed by atoms with Crippen LogP contribution in [0.15, 0.2) is 42.5 Å². The molecule has 0 aliphatic carbocycles. The fourth-order valence-corrected chi connectivity index (χ4v) is 1.99. The van der Waals surface area contributed by atoms with Crippen molar-refractivity contribution in [1.29, 1.82) is 0 Å². The van der Waals surface area contributed by atoms with Crippen LogP contribution in [0.4, 0.5) is 11.4 Å². The molecule has 2 amide bonds. The zero-order valence-corrected chi connectivity index (χ0v) is 11.1. The Morgan fingerprint density at radius 3 is 2.40 bits per heavy atom. The molecule has 2 rings (SSSR count). The maximum atomic E-state index is 12.1. The standard InChI is InChI=1S/C14H12ClN3O2/c15-11-7-8(16)5-6-9(11)14(20)18-12-4-2-1-3-10(12)13(17)19/h1-7H,16H2,(H2,17,19)(H,18,20). The van der Waals surface area contributed by atoms with Gasteiger partial charge >= 0.3 is 0 Å². The van der Waals surface area contributed by atoms with Gasteiger partial charge in [0.1, 0.15) is 0 Å². The number of hydrogen-bond acceptors (Lipinski definition) is 3. The van der Waals surface area contributed by atoms with Gasteiger partial charge in [-0.05, 0) is 30.3 Å². The van der Waals surface area contributed by atoms with Gasteiger partial charge in [-0.25, -0.2) is 0 Å². The van der Waals surface area contributed by atoms with Crippen molar-refractivity contribution < 1.29 is 9.59 Å². The summed E-state index contributed by atoms with van der Waals surface area (Å²) in [6.07, 6.45) is 0. The summed E-state index contributed by atoms with van der Waals surface area (Å²) in [5.74, 6) is -1.06. The van der Waals surface area contributed by atoms with Crippen molar-refractivity contribution in [3.8, 4) is 0 Å². The lowest BCUT2D eigenvalue weighted by Gasteiger charge is -2.10. The van der Waals surface area contributed by atoms with Crippen molar-refractivity contribution >= 4 is 34.8 Å². The molecule has 0 saturated heterocycles. The third kappa shape index (κ3) is 2.89. The Kier molecular flexibility index (Phi) is 3.91. The molecule has 0 atom stereocenters. The molecule has 0 bridgehead atoms. The van der Waals surface area contributed by atoms with Crippen molar-refractivity contribution in [2.45, 2.75) is 0 Å². The second kappa shape index (κ2) is 5.63.